The summed E-state index contributed by atoms with van der Waals surface area (Å²) in [6.45, 7) is 5.63. The highest BCUT2D eigenvalue weighted by Gasteiger charge is 2.70. The summed E-state index contributed by atoms with van der Waals surface area (Å²) in [7, 11) is 1.31. The molecule has 0 unspecified atom stereocenters. The van der Waals surface area contributed by atoms with Gasteiger partial charge in [-0.2, -0.15) is 0 Å². The molecule has 2 aliphatic heterocycles. The van der Waals surface area contributed by atoms with Gasteiger partial charge in [0.1, 0.15) is 17.9 Å². The Labute approximate surface area is 169 Å². The van der Waals surface area contributed by atoms with E-state index in [0.717, 1.165) is 16.7 Å². The van der Waals surface area contributed by atoms with Crippen LogP contribution in [0.25, 0.3) is 0 Å². The molecule has 0 bridgehead atoms. The second-order valence-corrected chi connectivity index (χ2v) is 8.23. The summed E-state index contributed by atoms with van der Waals surface area (Å²) in [6.07, 6.45) is 0. The Balaban J connectivity index is 1.83. The number of fused-ring (bicyclic) bond motifs is 1. The zero-order valence-electron chi connectivity index (χ0n) is 17.0. The molecule has 0 spiro atoms. The quantitative estimate of drug-likeness (QED) is 0.635. The normalized spacial score (nSPS) is 28.6. The molecule has 4 atom stereocenters. The number of nitrogens with zero attached hydrogens (tertiary/aromatic N) is 1. The number of carbonyl (C=O) groups excluding carboxylic acids is 3. The number of nitrogens with two attached hydrogens (primary N) is 1. The Bertz CT molecular complexity index is 1000. The first kappa shape index (κ1) is 19.3. The van der Waals surface area contributed by atoms with Gasteiger partial charge in [-0.15, -0.1) is 0 Å². The summed E-state index contributed by atoms with van der Waals surface area (Å²) in [5.74, 6) is -2.51. The minimum Gasteiger partial charge on any atom is -0.464 e. The van der Waals surface area contributed by atoms with Crippen LogP contribution in [0.5, 0.6) is 0 Å². The molecule has 150 valence electrons. The van der Waals surface area contributed by atoms with Crippen molar-refractivity contribution >= 4 is 23.5 Å². The number of carbonyl (C=O) groups is 3. The zero-order chi connectivity index (χ0) is 20.9. The molecule has 6 heteroatoms. The lowest BCUT2D eigenvalue weighted by molar-refractivity contribution is -0.730. The van der Waals surface area contributed by atoms with Crippen molar-refractivity contribution in [3.8, 4) is 0 Å². The van der Waals surface area contributed by atoms with Crippen LogP contribution in [0.4, 0.5) is 5.69 Å². The molecule has 2 fully saturated rings. The van der Waals surface area contributed by atoms with Crippen LogP contribution in [-0.2, 0) is 19.1 Å². The standard InChI is InChI=1S/C23H24N2O4/c1-13-8-10-16(11-9-13)25-20(26)17-18(21(25)27)23(3,22(28)29-4)24-19(17)15-7-5-6-14(2)12-15/h5-12,17-19,24H,1-4H3/p+1/t17-,18+,19-,23-/m1/s1. The smallest absolute Gasteiger partial charge is 0.368 e. The summed E-state index contributed by atoms with van der Waals surface area (Å²) in [4.78, 5) is 40.9. The molecule has 0 aliphatic carbocycles. The van der Waals surface area contributed by atoms with E-state index in [1.165, 1.54) is 12.0 Å². The highest BCUT2D eigenvalue weighted by atomic mass is 16.5. The van der Waals surface area contributed by atoms with E-state index in [2.05, 4.69) is 0 Å². The number of hydrogen-bond acceptors (Lipinski definition) is 4. The van der Waals surface area contributed by atoms with Crippen molar-refractivity contribution in [1.82, 2.24) is 0 Å². The molecule has 0 saturated carbocycles. The summed E-state index contributed by atoms with van der Waals surface area (Å²) < 4.78 is 5.04. The topological polar surface area (TPSA) is 80.3 Å². The average Bonchev–Trinajstić information content (AvgIpc) is 3.16. The first-order chi connectivity index (χ1) is 13.8. The number of imide groups is 1. The third-order valence-corrected chi connectivity index (χ3v) is 6.25. The van der Waals surface area contributed by atoms with Gasteiger partial charge >= 0.3 is 5.97 Å². The number of methoxy groups -OCH3 is 1. The number of ether oxygens (including phenoxy) is 1. The van der Waals surface area contributed by atoms with E-state index in [9.17, 15) is 14.4 Å². The summed E-state index contributed by atoms with van der Waals surface area (Å²) in [5, 5.41) is 1.84. The van der Waals surface area contributed by atoms with Crippen molar-refractivity contribution in [2.45, 2.75) is 32.4 Å². The van der Waals surface area contributed by atoms with Crippen molar-refractivity contribution in [1.29, 1.82) is 0 Å². The Morgan fingerprint density at radius 2 is 1.72 bits per heavy atom. The van der Waals surface area contributed by atoms with Gasteiger partial charge in [0.25, 0.3) is 0 Å². The molecule has 2 heterocycles. The van der Waals surface area contributed by atoms with Crippen LogP contribution in [0.1, 0.15) is 29.7 Å². The van der Waals surface area contributed by atoms with Crippen LogP contribution in [-0.4, -0.2) is 30.4 Å². The van der Waals surface area contributed by atoms with Crippen LogP contribution in [0.2, 0.25) is 0 Å². The first-order valence-electron chi connectivity index (χ1n) is 9.73. The second kappa shape index (κ2) is 6.81. The monoisotopic (exact) mass is 393 g/mol. The number of esters is 1. The van der Waals surface area contributed by atoms with Crippen LogP contribution in [0, 0.1) is 25.7 Å². The predicted octanol–water partition coefficient (Wildman–Crippen LogP) is 1.66. The Kier molecular flexibility index (Phi) is 4.54. The number of quaternary nitrogens is 1. The van der Waals surface area contributed by atoms with Gasteiger partial charge in [-0.1, -0.05) is 47.5 Å². The van der Waals surface area contributed by atoms with Gasteiger partial charge in [0.2, 0.25) is 17.4 Å². The molecule has 6 nitrogen and oxygen atoms in total. The molecule has 2 N–H and O–H groups in total. The van der Waals surface area contributed by atoms with Crippen molar-refractivity contribution in [3.63, 3.8) is 0 Å². The van der Waals surface area contributed by atoms with E-state index in [1.54, 1.807) is 19.1 Å². The predicted molar refractivity (Wildman–Crippen MR) is 107 cm³/mol. The average molecular weight is 393 g/mol. The van der Waals surface area contributed by atoms with Gasteiger partial charge in [0, 0.05) is 12.5 Å². The molecule has 4 rings (SSSR count). The molecule has 29 heavy (non-hydrogen) atoms. The third kappa shape index (κ3) is 2.86. The number of rotatable bonds is 3. The highest BCUT2D eigenvalue weighted by Crippen LogP contribution is 2.45. The molecule has 2 amide bonds. The van der Waals surface area contributed by atoms with E-state index >= 15 is 0 Å². The largest absolute Gasteiger partial charge is 0.464 e. The van der Waals surface area contributed by atoms with Gasteiger partial charge in [-0.3, -0.25) is 9.59 Å². The molecule has 0 radical (unpaired) electrons. The second-order valence-electron chi connectivity index (χ2n) is 8.23. The first-order valence-corrected chi connectivity index (χ1v) is 9.73. The fourth-order valence-corrected chi connectivity index (χ4v) is 4.81. The van der Waals surface area contributed by atoms with Gasteiger partial charge in [0.05, 0.1) is 12.8 Å². The fourth-order valence-electron chi connectivity index (χ4n) is 4.81. The van der Waals surface area contributed by atoms with Gasteiger partial charge in [-0.05, 0) is 26.0 Å². The summed E-state index contributed by atoms with van der Waals surface area (Å²) in [5.41, 5.74) is 2.40. The molecule has 0 aromatic heterocycles. The molecule has 2 aliphatic rings. The summed E-state index contributed by atoms with van der Waals surface area (Å²) >= 11 is 0. The number of amides is 2. The maximum atomic E-state index is 13.5. The molecular formula is C23H25N2O4+. The van der Waals surface area contributed by atoms with Crippen molar-refractivity contribution < 1.29 is 24.4 Å². The Hall–Kier alpha value is -2.99. The van der Waals surface area contributed by atoms with Crippen LogP contribution < -0.4 is 10.2 Å². The number of hydrogen-bond donors (Lipinski definition) is 1. The highest BCUT2D eigenvalue weighted by molar-refractivity contribution is 6.23. The lowest BCUT2D eigenvalue weighted by atomic mass is 9.80. The zero-order valence-corrected chi connectivity index (χ0v) is 17.0. The van der Waals surface area contributed by atoms with Crippen molar-refractivity contribution in [2.24, 2.45) is 11.8 Å². The van der Waals surface area contributed by atoms with Crippen molar-refractivity contribution in [3.05, 3.63) is 65.2 Å². The van der Waals surface area contributed by atoms with Crippen molar-refractivity contribution in [2.75, 3.05) is 12.0 Å². The molecular weight excluding hydrogens is 368 g/mol. The Morgan fingerprint density at radius 1 is 1.03 bits per heavy atom. The maximum Gasteiger partial charge on any atom is 0.368 e. The van der Waals surface area contributed by atoms with E-state index in [-0.39, 0.29) is 17.9 Å². The summed E-state index contributed by atoms with van der Waals surface area (Å²) in [6, 6.07) is 14.8. The van der Waals surface area contributed by atoms with Gasteiger partial charge < -0.3 is 10.1 Å². The third-order valence-electron chi connectivity index (χ3n) is 6.25. The molecule has 2 aromatic rings. The van der Waals surface area contributed by atoms with E-state index in [4.69, 9.17) is 4.74 Å². The van der Waals surface area contributed by atoms with Crippen LogP contribution in [0.15, 0.2) is 48.5 Å². The van der Waals surface area contributed by atoms with Gasteiger partial charge in [-0.25, -0.2) is 9.69 Å². The minimum atomic E-state index is -1.17. The van der Waals surface area contributed by atoms with Crippen LogP contribution in [0.3, 0.4) is 0 Å². The van der Waals surface area contributed by atoms with E-state index in [0.29, 0.717) is 5.69 Å². The lowest BCUT2D eigenvalue weighted by Gasteiger charge is -2.25. The number of aryl methyl sites for hydroxylation is 2. The fraction of sp³-hybridized carbons (Fsp3) is 0.348. The SMILES string of the molecule is COC(=O)[C@]1(C)[NH2+][C@H](c2cccc(C)c2)[C@@H]2C(=O)N(c3ccc(C)cc3)C(=O)[C@H]21. The molecule has 2 saturated heterocycles. The van der Waals surface area contributed by atoms with Gasteiger partial charge in [0.15, 0.2) is 0 Å². The van der Waals surface area contributed by atoms with E-state index in [1.807, 2.05) is 55.6 Å². The van der Waals surface area contributed by atoms with Crippen LogP contribution >= 0.6 is 0 Å². The number of anilines is 1. The molecule has 2 aromatic carbocycles. The minimum absolute atomic E-state index is 0.265. The maximum absolute atomic E-state index is 13.5. The van der Waals surface area contributed by atoms with E-state index < -0.39 is 23.3 Å². The number of benzene rings is 2. The Morgan fingerprint density at radius 3 is 2.34 bits per heavy atom. The lowest BCUT2D eigenvalue weighted by Crippen LogP contribution is -2.97.